The van der Waals surface area contributed by atoms with E-state index in [4.69, 9.17) is 4.74 Å². The van der Waals surface area contributed by atoms with E-state index in [0.717, 1.165) is 12.1 Å². The zero-order valence-electron chi connectivity index (χ0n) is 14.2. The number of aromatic carboxylic acids is 1. The Hall–Kier alpha value is -1.71. The molecule has 0 fully saturated rings. The van der Waals surface area contributed by atoms with E-state index in [9.17, 15) is 14.3 Å². The average molecular weight is 428 g/mol. The molecular weight excluding hydrogens is 409 g/mol. The fraction of sp³-hybridized carbons (Fsp3) is 0.375. The van der Waals surface area contributed by atoms with Crippen molar-refractivity contribution in [3.05, 3.63) is 34.2 Å². The van der Waals surface area contributed by atoms with Crippen molar-refractivity contribution in [2.75, 3.05) is 6.61 Å². The van der Waals surface area contributed by atoms with E-state index in [1.54, 1.807) is 10.8 Å². The van der Waals surface area contributed by atoms with Crippen LogP contribution in [0.5, 0.6) is 0 Å². The number of nitrogens with zero attached hydrogens (tertiary/aromatic N) is 3. The second-order valence-corrected chi connectivity index (χ2v) is 13.6. The molecule has 0 saturated carbocycles. The third kappa shape index (κ3) is 3.49. The van der Waals surface area contributed by atoms with Crippen LogP contribution in [0, 0.1) is 5.82 Å². The minimum absolute atomic E-state index is 0.128. The number of carboxylic acid groups (broad SMARTS) is 1. The summed E-state index contributed by atoms with van der Waals surface area (Å²) >= 11 is 3.42. The molecule has 0 radical (unpaired) electrons. The normalized spacial score (nSPS) is 12.4. The molecule has 3 aromatic rings. The van der Waals surface area contributed by atoms with Crippen molar-refractivity contribution in [1.29, 1.82) is 0 Å². The highest BCUT2D eigenvalue weighted by Gasteiger charge is 2.22. The Balaban J connectivity index is 2.09. The number of rotatable bonds is 6. The number of imidazole rings is 1. The lowest BCUT2D eigenvalue weighted by molar-refractivity contribution is 0.0698. The molecule has 1 N–H and O–H groups in total. The van der Waals surface area contributed by atoms with E-state index in [1.807, 2.05) is 0 Å². The fourth-order valence-electron chi connectivity index (χ4n) is 2.68. The Labute approximate surface area is 153 Å². The summed E-state index contributed by atoms with van der Waals surface area (Å²) in [5.74, 6) is -1.81. The van der Waals surface area contributed by atoms with Gasteiger partial charge in [0.25, 0.3) is 0 Å². The molecule has 0 bridgehead atoms. The maximum absolute atomic E-state index is 14.0. The number of ether oxygens (including phenoxy) is 1. The summed E-state index contributed by atoms with van der Waals surface area (Å²) in [6.45, 7) is 7.60. The molecule has 25 heavy (non-hydrogen) atoms. The van der Waals surface area contributed by atoms with Crippen LogP contribution in [0.1, 0.15) is 10.4 Å². The highest BCUT2D eigenvalue weighted by atomic mass is 79.9. The van der Waals surface area contributed by atoms with Crippen LogP contribution in [0.3, 0.4) is 0 Å². The first-order valence-electron chi connectivity index (χ1n) is 7.85. The highest BCUT2D eigenvalue weighted by molar-refractivity contribution is 9.10. The highest BCUT2D eigenvalue weighted by Crippen LogP contribution is 2.29. The number of halogens is 2. The van der Waals surface area contributed by atoms with Gasteiger partial charge in [-0.25, -0.2) is 13.7 Å². The Morgan fingerprint density at radius 3 is 2.76 bits per heavy atom. The van der Waals surface area contributed by atoms with Crippen molar-refractivity contribution in [3.8, 4) is 0 Å². The van der Waals surface area contributed by atoms with E-state index in [0.29, 0.717) is 27.8 Å². The first-order valence-corrected chi connectivity index (χ1v) is 12.3. The molecule has 134 valence electrons. The molecule has 0 atom stereocenters. The molecule has 0 aliphatic heterocycles. The lowest BCUT2D eigenvalue weighted by Crippen LogP contribution is -2.22. The van der Waals surface area contributed by atoms with Crippen LogP contribution in [-0.4, -0.2) is 39.9 Å². The van der Waals surface area contributed by atoms with Gasteiger partial charge < -0.3 is 9.84 Å². The first-order chi connectivity index (χ1) is 11.7. The molecule has 2 heterocycles. The lowest BCUT2D eigenvalue weighted by atomic mass is 10.2. The number of carboxylic acids is 1. The number of aromatic nitrogens is 3. The van der Waals surface area contributed by atoms with Gasteiger partial charge in [-0.1, -0.05) is 19.6 Å². The van der Waals surface area contributed by atoms with Crippen molar-refractivity contribution >= 4 is 46.7 Å². The summed E-state index contributed by atoms with van der Waals surface area (Å²) in [5, 5.41) is 13.7. The van der Waals surface area contributed by atoms with Crippen molar-refractivity contribution in [3.63, 3.8) is 0 Å². The standard InChI is InChI=1S/C16H19BrFN3O3Si/c1-25(2,3)5-4-24-9-20-13-7-10(18)6-11(16(22)23)14(13)21-15(20)12(17)8-19-21/h6-8H,4-5,9H2,1-3H3,(H,22,23). The molecule has 9 heteroatoms. The number of fused-ring (bicyclic) bond motifs is 3. The van der Waals surface area contributed by atoms with E-state index in [2.05, 4.69) is 40.7 Å². The number of benzene rings is 1. The number of hydrogen-bond donors (Lipinski definition) is 1. The fourth-order valence-corrected chi connectivity index (χ4v) is 3.91. The predicted octanol–water partition coefficient (Wildman–Crippen LogP) is 4.20. The van der Waals surface area contributed by atoms with Gasteiger partial charge in [-0.2, -0.15) is 5.10 Å². The first kappa shape index (κ1) is 18.1. The van der Waals surface area contributed by atoms with Crippen LogP contribution < -0.4 is 0 Å². The van der Waals surface area contributed by atoms with Crippen LogP contribution in [-0.2, 0) is 11.5 Å². The molecular formula is C16H19BrFN3O3Si. The molecule has 0 unspecified atom stereocenters. The molecule has 0 saturated heterocycles. The quantitative estimate of drug-likeness (QED) is 0.472. The van der Waals surface area contributed by atoms with Gasteiger partial charge in [0.05, 0.1) is 21.7 Å². The summed E-state index contributed by atoms with van der Waals surface area (Å²) in [6.07, 6.45) is 1.59. The molecule has 3 rings (SSSR count). The summed E-state index contributed by atoms with van der Waals surface area (Å²) in [6, 6.07) is 3.33. The molecule has 0 amide bonds. The molecule has 1 aromatic carbocycles. The van der Waals surface area contributed by atoms with Gasteiger partial charge in [-0.3, -0.25) is 4.57 Å². The Morgan fingerprint density at radius 1 is 1.40 bits per heavy atom. The van der Waals surface area contributed by atoms with Gasteiger partial charge in [0, 0.05) is 14.7 Å². The third-order valence-corrected chi connectivity index (χ3v) is 6.22. The Morgan fingerprint density at radius 2 is 2.12 bits per heavy atom. The lowest BCUT2D eigenvalue weighted by Gasteiger charge is -2.16. The second kappa shape index (κ2) is 6.54. The monoisotopic (exact) mass is 427 g/mol. The largest absolute Gasteiger partial charge is 0.478 e. The van der Waals surface area contributed by atoms with Gasteiger partial charge in [-0.15, -0.1) is 0 Å². The van der Waals surface area contributed by atoms with E-state index < -0.39 is 19.9 Å². The predicted molar refractivity (Wildman–Crippen MR) is 99.4 cm³/mol. The van der Waals surface area contributed by atoms with Crippen LogP contribution in [0.2, 0.25) is 25.7 Å². The topological polar surface area (TPSA) is 68.8 Å². The van der Waals surface area contributed by atoms with Crippen LogP contribution >= 0.6 is 15.9 Å². The SMILES string of the molecule is C[Si](C)(C)CCOCn1c2cc(F)cc(C(=O)O)c2n2ncc(Br)c12. The van der Waals surface area contributed by atoms with Gasteiger partial charge in [0.15, 0.2) is 5.65 Å². The van der Waals surface area contributed by atoms with Crippen molar-refractivity contribution in [1.82, 2.24) is 14.2 Å². The third-order valence-electron chi connectivity index (χ3n) is 3.96. The Kier molecular flexibility index (Phi) is 4.73. The average Bonchev–Trinajstić information content (AvgIpc) is 3.01. The van der Waals surface area contributed by atoms with E-state index in [-0.39, 0.29) is 12.3 Å². The zero-order chi connectivity index (χ0) is 18.4. The van der Waals surface area contributed by atoms with Gasteiger partial charge in [0.1, 0.15) is 18.1 Å². The van der Waals surface area contributed by atoms with Crippen molar-refractivity contribution in [2.45, 2.75) is 32.4 Å². The molecule has 0 aliphatic rings. The second-order valence-electron chi connectivity index (χ2n) is 7.13. The summed E-state index contributed by atoms with van der Waals surface area (Å²) in [4.78, 5) is 11.5. The molecule has 0 aliphatic carbocycles. The number of hydrogen-bond acceptors (Lipinski definition) is 3. The number of carbonyl (C=O) groups is 1. The smallest absolute Gasteiger partial charge is 0.338 e. The zero-order valence-corrected chi connectivity index (χ0v) is 16.8. The van der Waals surface area contributed by atoms with Crippen LogP contribution in [0.4, 0.5) is 4.39 Å². The molecule has 2 aromatic heterocycles. The van der Waals surface area contributed by atoms with Gasteiger partial charge in [0.2, 0.25) is 0 Å². The van der Waals surface area contributed by atoms with E-state index >= 15 is 0 Å². The maximum Gasteiger partial charge on any atom is 0.338 e. The van der Waals surface area contributed by atoms with Crippen molar-refractivity contribution < 1.29 is 19.0 Å². The van der Waals surface area contributed by atoms with Gasteiger partial charge in [-0.05, 0) is 34.1 Å². The minimum Gasteiger partial charge on any atom is -0.478 e. The van der Waals surface area contributed by atoms with Crippen LogP contribution in [0.25, 0.3) is 16.7 Å². The van der Waals surface area contributed by atoms with Crippen molar-refractivity contribution in [2.24, 2.45) is 0 Å². The van der Waals surface area contributed by atoms with E-state index in [1.165, 1.54) is 10.6 Å². The molecule has 0 spiro atoms. The summed E-state index contributed by atoms with van der Waals surface area (Å²) < 4.78 is 23.7. The maximum atomic E-state index is 14.0. The summed E-state index contributed by atoms with van der Waals surface area (Å²) in [5.41, 5.74) is 1.30. The Bertz CT molecular complexity index is 961. The van der Waals surface area contributed by atoms with Crippen LogP contribution in [0.15, 0.2) is 22.8 Å². The van der Waals surface area contributed by atoms with Gasteiger partial charge >= 0.3 is 5.97 Å². The summed E-state index contributed by atoms with van der Waals surface area (Å²) in [7, 11) is -1.22. The minimum atomic E-state index is -1.22. The molecule has 6 nitrogen and oxygen atoms in total.